The summed E-state index contributed by atoms with van der Waals surface area (Å²) in [6.07, 6.45) is 0. The number of rotatable bonds is 4. The fraction of sp³-hybridized carbons (Fsp3) is 0.0476. The monoisotopic (exact) mass is 798 g/mol. The molecule has 0 heteroatoms. The quantitative estimate of drug-likeness (QED) is 0.123. The number of fused-ring (bicyclic) bond motifs is 13. The summed E-state index contributed by atoms with van der Waals surface area (Å²) in [5, 5.41) is 15.5. The van der Waals surface area contributed by atoms with Crippen LogP contribution in [0.5, 0.6) is 0 Å². The fourth-order valence-corrected chi connectivity index (χ4v) is 11.6. The summed E-state index contributed by atoms with van der Waals surface area (Å²) in [5.41, 5.74) is 15.4. The number of benzene rings is 12. The number of hydrogen-bond acceptors (Lipinski definition) is 0. The maximum absolute atomic E-state index is 2.45. The van der Waals surface area contributed by atoms with Gasteiger partial charge in [-0.1, -0.05) is 214 Å². The summed E-state index contributed by atoms with van der Waals surface area (Å²) in [7, 11) is 0. The highest BCUT2D eigenvalue weighted by atomic mass is 14.4. The lowest BCUT2D eigenvalue weighted by Gasteiger charge is -2.26. The molecule has 0 fully saturated rings. The fourth-order valence-electron chi connectivity index (χ4n) is 11.6. The summed E-state index contributed by atoms with van der Waals surface area (Å²) >= 11 is 0. The summed E-state index contributed by atoms with van der Waals surface area (Å²) in [6.45, 7) is 4.87. The van der Waals surface area contributed by atoms with Gasteiger partial charge in [-0.15, -0.1) is 0 Å². The highest BCUT2D eigenvalue weighted by Gasteiger charge is 2.40. The van der Waals surface area contributed by atoms with Gasteiger partial charge in [-0.3, -0.25) is 0 Å². The third-order valence-corrected chi connectivity index (χ3v) is 14.1. The lowest BCUT2D eigenvalue weighted by atomic mass is 9.76. The first-order valence-electron chi connectivity index (χ1n) is 22.2. The molecule has 0 saturated heterocycles. The molecule has 0 saturated carbocycles. The van der Waals surface area contributed by atoms with Crippen molar-refractivity contribution >= 4 is 64.6 Å². The van der Waals surface area contributed by atoms with Crippen LogP contribution in [0.1, 0.15) is 25.0 Å². The van der Waals surface area contributed by atoms with Crippen molar-refractivity contribution in [3.05, 3.63) is 230 Å². The molecule has 0 spiro atoms. The van der Waals surface area contributed by atoms with Crippen LogP contribution in [0.15, 0.2) is 218 Å². The summed E-state index contributed by atoms with van der Waals surface area (Å²) in [4.78, 5) is 0. The molecular weight excluding hydrogens is 757 g/mol. The van der Waals surface area contributed by atoms with Gasteiger partial charge in [0, 0.05) is 5.41 Å². The molecular formula is C63H42. The molecule has 0 atom stereocenters. The van der Waals surface area contributed by atoms with E-state index in [0.29, 0.717) is 0 Å². The van der Waals surface area contributed by atoms with Gasteiger partial charge in [-0.25, -0.2) is 0 Å². The molecule has 0 bridgehead atoms. The lowest BCUT2D eigenvalue weighted by Crippen LogP contribution is -2.17. The van der Waals surface area contributed by atoms with Gasteiger partial charge in [0.25, 0.3) is 0 Å². The van der Waals surface area contributed by atoms with E-state index in [2.05, 4.69) is 232 Å². The zero-order valence-electron chi connectivity index (χ0n) is 35.3. The molecule has 12 aromatic rings. The topological polar surface area (TPSA) is 0 Å². The number of hydrogen-bond donors (Lipinski definition) is 0. The van der Waals surface area contributed by atoms with Crippen molar-refractivity contribution in [3.8, 4) is 55.6 Å². The highest BCUT2D eigenvalue weighted by molar-refractivity contribution is 6.23. The predicted octanol–water partition coefficient (Wildman–Crippen LogP) is 17.6. The van der Waals surface area contributed by atoms with Crippen molar-refractivity contribution in [2.75, 3.05) is 0 Å². The van der Waals surface area contributed by atoms with E-state index in [1.54, 1.807) is 0 Å². The van der Waals surface area contributed by atoms with Crippen molar-refractivity contribution in [1.29, 1.82) is 0 Å². The molecule has 0 nitrogen and oxygen atoms in total. The molecule has 294 valence electrons. The highest BCUT2D eigenvalue weighted by Crippen LogP contribution is 2.57. The van der Waals surface area contributed by atoms with Crippen LogP contribution >= 0.6 is 0 Å². The first kappa shape index (κ1) is 35.9. The van der Waals surface area contributed by atoms with Crippen molar-refractivity contribution in [3.63, 3.8) is 0 Å². The van der Waals surface area contributed by atoms with Crippen molar-refractivity contribution < 1.29 is 0 Å². The van der Waals surface area contributed by atoms with E-state index < -0.39 is 0 Å². The van der Waals surface area contributed by atoms with Gasteiger partial charge >= 0.3 is 0 Å². The first-order valence-corrected chi connectivity index (χ1v) is 22.2. The standard InChI is InChI=1S/C63H42/c1-63(2)61-45(34-17-35-56(61)60-50-28-9-7-25-47(50)48-26-8-14-33-55(48)62(60)63)39-19-15-21-42(36-39)58-51-29-10-12-31-53(51)59(54-32-13-11-30-52(54)58)43-22-16-20-40(37-43)57-38-41-18-3-4-23-44(41)46-24-5-6-27-49(46)57/h3-38H,1-2H3. The Kier molecular flexibility index (Phi) is 7.75. The van der Waals surface area contributed by atoms with Crippen LogP contribution in [0.2, 0.25) is 0 Å². The van der Waals surface area contributed by atoms with Crippen LogP contribution in [-0.4, -0.2) is 0 Å². The van der Waals surface area contributed by atoms with E-state index in [-0.39, 0.29) is 5.41 Å². The molecule has 0 heterocycles. The van der Waals surface area contributed by atoms with Gasteiger partial charge in [-0.2, -0.15) is 0 Å². The van der Waals surface area contributed by atoms with Gasteiger partial charge < -0.3 is 0 Å². The molecule has 0 aromatic heterocycles. The second-order valence-corrected chi connectivity index (χ2v) is 17.9. The van der Waals surface area contributed by atoms with Gasteiger partial charge in [-0.05, 0) is 150 Å². The lowest BCUT2D eigenvalue weighted by molar-refractivity contribution is 0.668. The smallest absolute Gasteiger partial charge is 0.0171 e. The van der Waals surface area contributed by atoms with E-state index in [1.807, 2.05) is 0 Å². The Balaban J connectivity index is 1.00. The van der Waals surface area contributed by atoms with Crippen LogP contribution in [0, 0.1) is 0 Å². The van der Waals surface area contributed by atoms with E-state index in [4.69, 9.17) is 0 Å². The third kappa shape index (κ3) is 5.22. The van der Waals surface area contributed by atoms with Crippen LogP contribution in [-0.2, 0) is 5.41 Å². The first-order chi connectivity index (χ1) is 31.0. The Morgan fingerprint density at radius 1 is 0.238 bits per heavy atom. The molecule has 0 unspecified atom stereocenters. The summed E-state index contributed by atoms with van der Waals surface area (Å²) in [6, 6.07) is 81.6. The van der Waals surface area contributed by atoms with Gasteiger partial charge in [0.05, 0.1) is 0 Å². The molecule has 63 heavy (non-hydrogen) atoms. The van der Waals surface area contributed by atoms with Gasteiger partial charge in [0.15, 0.2) is 0 Å². The average Bonchev–Trinajstić information content (AvgIpc) is 3.59. The Morgan fingerprint density at radius 2 is 0.619 bits per heavy atom. The SMILES string of the molecule is CC1(C)c2c(-c3cccc(-c4c5ccccc5c(-c5cccc(-c6cc7ccccc7c7ccccc67)c5)c5ccccc45)c3)cccc2-c2c1c1ccccc1c1ccccc21. The van der Waals surface area contributed by atoms with E-state index in [9.17, 15) is 0 Å². The molecule has 12 aromatic carbocycles. The van der Waals surface area contributed by atoms with Gasteiger partial charge in [0.1, 0.15) is 0 Å². The minimum atomic E-state index is -0.213. The van der Waals surface area contributed by atoms with Crippen LogP contribution in [0.3, 0.4) is 0 Å². The minimum Gasteiger partial charge on any atom is -0.0616 e. The third-order valence-electron chi connectivity index (χ3n) is 14.1. The van der Waals surface area contributed by atoms with E-state index in [1.165, 1.54) is 131 Å². The van der Waals surface area contributed by atoms with Crippen LogP contribution < -0.4 is 0 Å². The molecule has 1 aliphatic carbocycles. The van der Waals surface area contributed by atoms with Crippen molar-refractivity contribution in [2.45, 2.75) is 19.3 Å². The van der Waals surface area contributed by atoms with E-state index in [0.717, 1.165) is 0 Å². The van der Waals surface area contributed by atoms with Crippen molar-refractivity contribution in [2.24, 2.45) is 0 Å². The summed E-state index contributed by atoms with van der Waals surface area (Å²) < 4.78 is 0. The van der Waals surface area contributed by atoms with Gasteiger partial charge in [0.2, 0.25) is 0 Å². The van der Waals surface area contributed by atoms with Crippen LogP contribution in [0.4, 0.5) is 0 Å². The Morgan fingerprint density at radius 3 is 1.19 bits per heavy atom. The van der Waals surface area contributed by atoms with E-state index >= 15 is 0 Å². The molecule has 13 rings (SSSR count). The zero-order chi connectivity index (χ0) is 41.8. The maximum atomic E-state index is 2.45. The predicted molar refractivity (Wildman–Crippen MR) is 271 cm³/mol. The Bertz CT molecular complexity index is 3820. The second-order valence-electron chi connectivity index (χ2n) is 17.9. The second kappa shape index (κ2) is 13.6. The molecule has 0 amide bonds. The maximum Gasteiger partial charge on any atom is 0.0171 e. The molecule has 0 N–H and O–H groups in total. The van der Waals surface area contributed by atoms with Crippen LogP contribution in [0.25, 0.3) is 120 Å². The Labute approximate surface area is 367 Å². The van der Waals surface area contributed by atoms with Crippen molar-refractivity contribution in [1.82, 2.24) is 0 Å². The molecule has 0 aliphatic heterocycles. The molecule has 0 radical (unpaired) electrons. The molecule has 1 aliphatic rings. The normalized spacial score (nSPS) is 13.0. The zero-order valence-corrected chi connectivity index (χ0v) is 35.3. The Hall–Kier alpha value is -7.80. The minimum absolute atomic E-state index is 0.213. The average molecular weight is 799 g/mol. The largest absolute Gasteiger partial charge is 0.0616 e. The summed E-state index contributed by atoms with van der Waals surface area (Å²) in [5.74, 6) is 0.